The first-order valence-corrected chi connectivity index (χ1v) is 8.62. The van der Waals surface area contributed by atoms with Crippen molar-refractivity contribution >= 4 is 22.4 Å². The van der Waals surface area contributed by atoms with Gasteiger partial charge in [0.2, 0.25) is 0 Å². The van der Waals surface area contributed by atoms with Crippen molar-refractivity contribution in [2.24, 2.45) is 0 Å². The molecule has 0 bridgehead atoms. The third-order valence-corrected chi connectivity index (χ3v) is 4.37. The number of nitrogens with zero attached hydrogens (tertiary/aromatic N) is 1. The van der Waals surface area contributed by atoms with Crippen LogP contribution in [0.1, 0.15) is 21.6 Å². The molecule has 0 atom stereocenters. The molecule has 0 aliphatic rings. The molecule has 1 amide bonds. The van der Waals surface area contributed by atoms with E-state index in [4.69, 9.17) is 0 Å². The van der Waals surface area contributed by atoms with E-state index in [0.717, 1.165) is 22.3 Å². The van der Waals surface area contributed by atoms with Crippen LogP contribution in [0, 0.1) is 0 Å². The number of para-hydroxylation sites is 1. The van der Waals surface area contributed by atoms with Crippen LogP contribution in [0.2, 0.25) is 0 Å². The van der Waals surface area contributed by atoms with E-state index in [1.54, 1.807) is 12.1 Å². The lowest BCUT2D eigenvalue weighted by Gasteiger charge is -2.08. The molecule has 4 aromatic rings. The highest BCUT2D eigenvalue weighted by Gasteiger charge is 2.10. The highest BCUT2D eigenvalue weighted by molar-refractivity contribution is 6.04. The number of anilines is 1. The Hall–Kier alpha value is -3.73. The third-order valence-electron chi connectivity index (χ3n) is 4.37. The van der Waals surface area contributed by atoms with Gasteiger partial charge in [-0.05, 0) is 35.9 Å². The molecule has 5 nitrogen and oxygen atoms in total. The van der Waals surface area contributed by atoms with Crippen molar-refractivity contribution in [3.63, 3.8) is 0 Å². The molecule has 0 aliphatic carbocycles. The van der Waals surface area contributed by atoms with Crippen LogP contribution >= 0.6 is 0 Å². The smallest absolute Gasteiger partial charge is 0.272 e. The Morgan fingerprint density at radius 2 is 1.63 bits per heavy atom. The van der Waals surface area contributed by atoms with Crippen molar-refractivity contribution in [2.75, 3.05) is 5.32 Å². The van der Waals surface area contributed by atoms with Crippen LogP contribution in [-0.2, 0) is 6.42 Å². The molecule has 0 aliphatic heterocycles. The SMILES string of the molecule is O=C(Nc1ccccc1)c1cccc(Cc2n[nH]c(=O)c3ccccc23)c1. The molecule has 3 aromatic carbocycles. The molecule has 0 spiro atoms. The fourth-order valence-electron chi connectivity index (χ4n) is 3.05. The molecule has 4 rings (SSSR count). The number of benzene rings is 3. The summed E-state index contributed by atoms with van der Waals surface area (Å²) in [7, 11) is 0. The Morgan fingerprint density at radius 1 is 0.889 bits per heavy atom. The lowest BCUT2D eigenvalue weighted by atomic mass is 10.0. The Kier molecular flexibility index (Phi) is 4.49. The van der Waals surface area contributed by atoms with E-state index in [2.05, 4.69) is 15.5 Å². The van der Waals surface area contributed by atoms with Crippen LogP contribution in [0.3, 0.4) is 0 Å². The van der Waals surface area contributed by atoms with Crippen molar-refractivity contribution in [3.8, 4) is 0 Å². The zero-order valence-corrected chi connectivity index (χ0v) is 14.5. The first-order valence-electron chi connectivity index (χ1n) is 8.62. The van der Waals surface area contributed by atoms with Crippen LogP contribution in [0.5, 0.6) is 0 Å². The van der Waals surface area contributed by atoms with E-state index < -0.39 is 0 Å². The number of carbonyl (C=O) groups is 1. The summed E-state index contributed by atoms with van der Waals surface area (Å²) in [5, 5.41) is 11.1. The fourth-order valence-corrected chi connectivity index (χ4v) is 3.05. The summed E-state index contributed by atoms with van der Waals surface area (Å²) in [6.07, 6.45) is 0.518. The maximum Gasteiger partial charge on any atom is 0.272 e. The standard InChI is InChI=1S/C22H17N3O2/c26-21(23-17-9-2-1-3-10-17)16-8-6-7-15(13-16)14-20-18-11-4-5-12-19(18)22(27)25-24-20/h1-13H,14H2,(H,23,26)(H,25,27). The van der Waals surface area contributed by atoms with Crippen molar-refractivity contribution in [1.82, 2.24) is 10.2 Å². The predicted octanol–water partition coefficient (Wildman–Crippen LogP) is 3.77. The molecular weight excluding hydrogens is 338 g/mol. The van der Waals surface area contributed by atoms with Gasteiger partial charge in [0.1, 0.15) is 0 Å². The summed E-state index contributed by atoms with van der Waals surface area (Å²) in [5.41, 5.74) is 2.84. The number of aromatic nitrogens is 2. The number of aromatic amines is 1. The van der Waals surface area contributed by atoms with Gasteiger partial charge in [-0.15, -0.1) is 0 Å². The number of H-pyrrole nitrogens is 1. The topological polar surface area (TPSA) is 74.8 Å². The maximum absolute atomic E-state index is 12.5. The van der Waals surface area contributed by atoms with Crippen LogP contribution in [0.25, 0.3) is 10.8 Å². The van der Waals surface area contributed by atoms with Gasteiger partial charge in [0.25, 0.3) is 11.5 Å². The molecule has 0 fully saturated rings. The second kappa shape index (κ2) is 7.25. The van der Waals surface area contributed by atoms with E-state index in [0.29, 0.717) is 17.4 Å². The van der Waals surface area contributed by atoms with Gasteiger partial charge >= 0.3 is 0 Å². The number of carbonyl (C=O) groups excluding carboxylic acids is 1. The van der Waals surface area contributed by atoms with Crippen molar-refractivity contribution in [3.05, 3.63) is 106 Å². The molecule has 0 radical (unpaired) electrons. The lowest BCUT2D eigenvalue weighted by Crippen LogP contribution is -2.13. The van der Waals surface area contributed by atoms with E-state index in [9.17, 15) is 9.59 Å². The van der Waals surface area contributed by atoms with Crippen LogP contribution in [-0.4, -0.2) is 16.1 Å². The Morgan fingerprint density at radius 3 is 2.44 bits per heavy atom. The molecule has 132 valence electrons. The van der Waals surface area contributed by atoms with E-state index in [1.165, 1.54) is 0 Å². The molecule has 27 heavy (non-hydrogen) atoms. The first-order chi connectivity index (χ1) is 13.2. The lowest BCUT2D eigenvalue weighted by molar-refractivity contribution is 0.102. The Balaban J connectivity index is 1.61. The van der Waals surface area contributed by atoms with Crippen molar-refractivity contribution in [2.45, 2.75) is 6.42 Å². The second-order valence-electron chi connectivity index (χ2n) is 6.24. The number of nitrogens with one attached hydrogen (secondary N) is 2. The largest absolute Gasteiger partial charge is 0.322 e. The molecule has 1 aromatic heterocycles. The molecule has 5 heteroatoms. The van der Waals surface area contributed by atoms with Gasteiger partial charge in [0.05, 0.1) is 11.1 Å². The van der Waals surface area contributed by atoms with Gasteiger partial charge in [-0.25, -0.2) is 5.10 Å². The van der Waals surface area contributed by atoms with Gasteiger partial charge < -0.3 is 5.32 Å². The Bertz CT molecular complexity index is 1170. The minimum atomic E-state index is -0.203. The normalized spacial score (nSPS) is 10.7. The Labute approximate surface area is 155 Å². The number of fused-ring (bicyclic) bond motifs is 1. The van der Waals surface area contributed by atoms with Crippen molar-refractivity contribution in [1.29, 1.82) is 0 Å². The number of amides is 1. The van der Waals surface area contributed by atoms with Crippen LogP contribution in [0.15, 0.2) is 83.7 Å². The van der Waals surface area contributed by atoms with Gasteiger partial charge in [-0.3, -0.25) is 9.59 Å². The zero-order valence-electron chi connectivity index (χ0n) is 14.5. The average molecular weight is 355 g/mol. The summed E-state index contributed by atoms with van der Waals surface area (Å²) < 4.78 is 0. The van der Waals surface area contributed by atoms with Gasteiger partial charge in [-0.2, -0.15) is 5.10 Å². The summed E-state index contributed by atoms with van der Waals surface area (Å²) in [5.74, 6) is -0.165. The summed E-state index contributed by atoms with van der Waals surface area (Å²) >= 11 is 0. The average Bonchev–Trinajstić information content (AvgIpc) is 2.71. The fraction of sp³-hybridized carbons (Fsp3) is 0.0455. The quantitative estimate of drug-likeness (QED) is 0.585. The molecule has 0 saturated heterocycles. The van der Waals surface area contributed by atoms with E-state index in [1.807, 2.05) is 66.7 Å². The minimum absolute atomic E-state index is 0.165. The van der Waals surface area contributed by atoms with Gasteiger partial charge in [-0.1, -0.05) is 48.5 Å². The molecule has 0 saturated carbocycles. The maximum atomic E-state index is 12.5. The van der Waals surface area contributed by atoms with Crippen LogP contribution < -0.4 is 10.9 Å². The highest BCUT2D eigenvalue weighted by Crippen LogP contribution is 2.17. The summed E-state index contributed by atoms with van der Waals surface area (Å²) in [6.45, 7) is 0. The second-order valence-corrected chi connectivity index (χ2v) is 6.24. The van der Waals surface area contributed by atoms with Crippen LogP contribution in [0.4, 0.5) is 5.69 Å². The number of hydrogen-bond donors (Lipinski definition) is 2. The zero-order chi connectivity index (χ0) is 18.6. The number of hydrogen-bond acceptors (Lipinski definition) is 3. The van der Waals surface area contributed by atoms with Gasteiger partial charge in [0, 0.05) is 23.1 Å². The third kappa shape index (κ3) is 3.62. The summed E-state index contributed by atoms with van der Waals surface area (Å²) in [4.78, 5) is 24.4. The molecule has 0 unspecified atom stereocenters. The van der Waals surface area contributed by atoms with Crippen molar-refractivity contribution < 1.29 is 4.79 Å². The van der Waals surface area contributed by atoms with E-state index >= 15 is 0 Å². The minimum Gasteiger partial charge on any atom is -0.322 e. The first kappa shape index (κ1) is 16.7. The molecule has 2 N–H and O–H groups in total. The summed E-state index contributed by atoms with van der Waals surface area (Å²) in [6, 6.07) is 24.1. The van der Waals surface area contributed by atoms with E-state index in [-0.39, 0.29) is 11.5 Å². The predicted molar refractivity (Wildman–Crippen MR) is 106 cm³/mol. The number of rotatable bonds is 4. The monoisotopic (exact) mass is 355 g/mol. The molecule has 1 heterocycles. The van der Waals surface area contributed by atoms with Gasteiger partial charge in [0.15, 0.2) is 0 Å². The highest BCUT2D eigenvalue weighted by atomic mass is 16.1. The molecular formula is C22H17N3O2.